The lowest BCUT2D eigenvalue weighted by Crippen LogP contribution is -2.54. The Morgan fingerprint density at radius 2 is 1.90 bits per heavy atom. The molecule has 1 unspecified atom stereocenters. The minimum Gasteiger partial charge on any atom is -0.383 e. The van der Waals surface area contributed by atoms with E-state index in [0.717, 1.165) is 32.5 Å². The molecule has 21 heavy (non-hydrogen) atoms. The van der Waals surface area contributed by atoms with Crippen LogP contribution in [0.15, 0.2) is 30.3 Å². The maximum atomic E-state index is 6.14. The van der Waals surface area contributed by atoms with E-state index in [1.54, 1.807) is 7.11 Å². The largest absolute Gasteiger partial charge is 0.383 e. The molecule has 0 aliphatic heterocycles. The van der Waals surface area contributed by atoms with Crippen LogP contribution in [0.1, 0.15) is 32.8 Å². The van der Waals surface area contributed by atoms with Gasteiger partial charge in [-0.25, -0.2) is 0 Å². The van der Waals surface area contributed by atoms with E-state index in [1.807, 2.05) is 0 Å². The Bertz CT molecular complexity index is 380. The van der Waals surface area contributed by atoms with Crippen LogP contribution in [-0.4, -0.2) is 43.8 Å². The van der Waals surface area contributed by atoms with Crippen molar-refractivity contribution in [1.82, 2.24) is 4.90 Å². The van der Waals surface area contributed by atoms with Crippen molar-refractivity contribution in [3.05, 3.63) is 35.9 Å². The number of nitrogens with two attached hydrogens (primary N) is 1. The molecule has 1 aromatic carbocycles. The number of rotatable bonds is 10. The topological polar surface area (TPSA) is 38.5 Å². The first-order chi connectivity index (χ1) is 10.0. The molecule has 0 aromatic heterocycles. The van der Waals surface area contributed by atoms with Crippen LogP contribution in [0.5, 0.6) is 0 Å². The van der Waals surface area contributed by atoms with Gasteiger partial charge in [-0.05, 0) is 31.2 Å². The number of hydrogen-bond donors (Lipinski definition) is 1. The fourth-order valence-corrected chi connectivity index (χ4v) is 2.67. The molecule has 0 heterocycles. The minimum atomic E-state index is 0.0264. The predicted molar refractivity (Wildman–Crippen MR) is 90.5 cm³/mol. The molecule has 0 saturated carbocycles. The molecule has 3 heteroatoms. The highest BCUT2D eigenvalue weighted by atomic mass is 16.5. The zero-order valence-corrected chi connectivity index (χ0v) is 14.1. The van der Waals surface area contributed by atoms with Gasteiger partial charge in [-0.3, -0.25) is 4.90 Å². The van der Waals surface area contributed by atoms with Crippen LogP contribution < -0.4 is 5.73 Å². The smallest absolute Gasteiger partial charge is 0.0589 e. The van der Waals surface area contributed by atoms with Gasteiger partial charge in [0.25, 0.3) is 0 Å². The molecule has 1 rings (SSSR count). The molecule has 2 N–H and O–H groups in total. The number of methoxy groups -OCH3 is 1. The first-order valence-electron chi connectivity index (χ1n) is 8.00. The lowest BCUT2D eigenvalue weighted by Gasteiger charge is -2.42. The molecule has 0 aliphatic carbocycles. The Hall–Kier alpha value is -0.900. The quantitative estimate of drug-likeness (QED) is 0.720. The Morgan fingerprint density at radius 3 is 2.43 bits per heavy atom. The Morgan fingerprint density at radius 1 is 1.24 bits per heavy atom. The summed E-state index contributed by atoms with van der Waals surface area (Å²) in [6.45, 7) is 10.2. The highest BCUT2D eigenvalue weighted by Gasteiger charge is 2.30. The predicted octanol–water partition coefficient (Wildman–Crippen LogP) is 2.94. The van der Waals surface area contributed by atoms with Crippen LogP contribution in [-0.2, 0) is 11.2 Å². The van der Waals surface area contributed by atoms with E-state index in [9.17, 15) is 0 Å². The minimum absolute atomic E-state index is 0.0264. The van der Waals surface area contributed by atoms with Crippen LogP contribution in [0.3, 0.4) is 0 Å². The highest BCUT2D eigenvalue weighted by molar-refractivity contribution is 5.15. The lowest BCUT2D eigenvalue weighted by atomic mass is 9.90. The van der Waals surface area contributed by atoms with E-state index in [2.05, 4.69) is 56.0 Å². The number of aryl methyl sites for hydroxylation is 1. The number of benzene rings is 1. The molecular weight excluding hydrogens is 260 g/mol. The summed E-state index contributed by atoms with van der Waals surface area (Å²) in [5.41, 5.74) is 7.55. The molecule has 0 aliphatic rings. The third kappa shape index (κ3) is 6.16. The van der Waals surface area contributed by atoms with Crippen LogP contribution in [0.2, 0.25) is 0 Å². The Balaban J connectivity index is 2.72. The van der Waals surface area contributed by atoms with E-state index in [-0.39, 0.29) is 5.54 Å². The third-order valence-corrected chi connectivity index (χ3v) is 4.15. The van der Waals surface area contributed by atoms with Gasteiger partial charge < -0.3 is 10.5 Å². The summed E-state index contributed by atoms with van der Waals surface area (Å²) >= 11 is 0. The van der Waals surface area contributed by atoms with Gasteiger partial charge in [0.05, 0.1) is 6.61 Å². The Labute approximate surface area is 130 Å². The van der Waals surface area contributed by atoms with Crippen molar-refractivity contribution in [1.29, 1.82) is 0 Å². The van der Waals surface area contributed by atoms with E-state index < -0.39 is 0 Å². The molecule has 0 fully saturated rings. The fourth-order valence-electron chi connectivity index (χ4n) is 2.67. The molecule has 3 nitrogen and oxygen atoms in total. The third-order valence-electron chi connectivity index (χ3n) is 4.15. The van der Waals surface area contributed by atoms with Crippen molar-refractivity contribution in [2.75, 3.05) is 33.4 Å². The standard InChI is InChI=1S/C18H32N2O/c1-16(2)14-20(12-13-21-4)18(3,15-19)11-10-17-8-6-5-7-9-17/h5-9,16H,10-15,19H2,1-4H3. The van der Waals surface area contributed by atoms with Gasteiger partial charge in [0, 0.05) is 32.3 Å². The summed E-state index contributed by atoms with van der Waals surface area (Å²) in [4.78, 5) is 2.50. The molecule has 0 radical (unpaired) electrons. The number of hydrogen-bond acceptors (Lipinski definition) is 3. The molecule has 1 aromatic rings. The van der Waals surface area contributed by atoms with Gasteiger partial charge in [0.1, 0.15) is 0 Å². The summed E-state index contributed by atoms with van der Waals surface area (Å²) in [6, 6.07) is 10.7. The Kier molecular flexibility index (Phi) is 7.94. The average molecular weight is 292 g/mol. The molecular formula is C18H32N2O. The maximum Gasteiger partial charge on any atom is 0.0589 e. The summed E-state index contributed by atoms with van der Waals surface area (Å²) in [6.07, 6.45) is 2.14. The van der Waals surface area contributed by atoms with Gasteiger partial charge in [0.15, 0.2) is 0 Å². The molecule has 120 valence electrons. The van der Waals surface area contributed by atoms with Gasteiger partial charge in [0.2, 0.25) is 0 Å². The zero-order chi connectivity index (χ0) is 15.7. The average Bonchev–Trinajstić information content (AvgIpc) is 2.49. The summed E-state index contributed by atoms with van der Waals surface area (Å²) in [5.74, 6) is 0.629. The van der Waals surface area contributed by atoms with Crippen LogP contribution in [0, 0.1) is 5.92 Å². The van der Waals surface area contributed by atoms with E-state index in [1.165, 1.54) is 5.56 Å². The molecule has 0 amide bonds. The molecule has 1 atom stereocenters. The second kappa shape index (κ2) is 9.19. The van der Waals surface area contributed by atoms with Crippen molar-refractivity contribution in [2.24, 2.45) is 11.7 Å². The lowest BCUT2D eigenvalue weighted by molar-refractivity contribution is 0.0554. The normalized spacial score (nSPS) is 14.6. The summed E-state index contributed by atoms with van der Waals surface area (Å²) < 4.78 is 5.27. The van der Waals surface area contributed by atoms with E-state index in [4.69, 9.17) is 10.5 Å². The van der Waals surface area contributed by atoms with Gasteiger partial charge in [-0.15, -0.1) is 0 Å². The van der Waals surface area contributed by atoms with E-state index in [0.29, 0.717) is 12.5 Å². The highest BCUT2D eigenvalue weighted by Crippen LogP contribution is 2.22. The molecule has 0 saturated heterocycles. The van der Waals surface area contributed by atoms with Crippen LogP contribution in [0.4, 0.5) is 0 Å². The van der Waals surface area contributed by atoms with Crippen LogP contribution in [0.25, 0.3) is 0 Å². The SMILES string of the molecule is COCCN(CC(C)C)C(C)(CN)CCc1ccccc1. The first-order valence-corrected chi connectivity index (χ1v) is 8.00. The van der Waals surface area contributed by atoms with E-state index >= 15 is 0 Å². The zero-order valence-electron chi connectivity index (χ0n) is 14.1. The van der Waals surface area contributed by atoms with Crippen molar-refractivity contribution >= 4 is 0 Å². The second-order valence-electron chi connectivity index (χ2n) is 6.52. The van der Waals surface area contributed by atoms with Gasteiger partial charge in [-0.1, -0.05) is 44.2 Å². The summed E-state index contributed by atoms with van der Waals surface area (Å²) in [7, 11) is 1.76. The monoisotopic (exact) mass is 292 g/mol. The van der Waals surface area contributed by atoms with Gasteiger partial charge in [-0.2, -0.15) is 0 Å². The van der Waals surface area contributed by atoms with Gasteiger partial charge >= 0.3 is 0 Å². The van der Waals surface area contributed by atoms with Crippen molar-refractivity contribution in [2.45, 2.75) is 39.2 Å². The second-order valence-corrected chi connectivity index (χ2v) is 6.52. The molecule has 0 spiro atoms. The van der Waals surface area contributed by atoms with Crippen molar-refractivity contribution in [3.63, 3.8) is 0 Å². The van der Waals surface area contributed by atoms with Crippen molar-refractivity contribution < 1.29 is 4.74 Å². The first kappa shape index (κ1) is 18.1. The maximum absolute atomic E-state index is 6.14. The molecule has 0 bridgehead atoms. The van der Waals surface area contributed by atoms with Crippen LogP contribution >= 0.6 is 0 Å². The summed E-state index contributed by atoms with van der Waals surface area (Å²) in [5, 5.41) is 0. The number of nitrogens with zero attached hydrogens (tertiary/aromatic N) is 1. The van der Waals surface area contributed by atoms with Crippen molar-refractivity contribution in [3.8, 4) is 0 Å². The fraction of sp³-hybridized carbons (Fsp3) is 0.667. The number of ether oxygens (including phenoxy) is 1.